The average molecular weight is 274 g/mol. The van der Waals surface area contributed by atoms with Gasteiger partial charge < -0.3 is 10.6 Å². The van der Waals surface area contributed by atoms with Gasteiger partial charge in [-0.05, 0) is 48.9 Å². The molecular formula is C17H26N2O. The minimum atomic E-state index is 0.0571. The number of anilines is 1. The first-order chi connectivity index (χ1) is 9.52. The fraction of sp³-hybridized carbons (Fsp3) is 0.588. The lowest BCUT2D eigenvalue weighted by Crippen LogP contribution is -2.43. The summed E-state index contributed by atoms with van der Waals surface area (Å²) in [5, 5.41) is 6.34. The summed E-state index contributed by atoms with van der Waals surface area (Å²) in [7, 11) is 1.90. The monoisotopic (exact) mass is 274 g/mol. The van der Waals surface area contributed by atoms with Crippen molar-refractivity contribution in [3.05, 3.63) is 29.3 Å². The van der Waals surface area contributed by atoms with Gasteiger partial charge in [0.15, 0.2) is 0 Å². The smallest absolute Gasteiger partial charge is 0.251 e. The second-order valence-corrected chi connectivity index (χ2v) is 6.13. The minimum absolute atomic E-state index is 0.0571. The fourth-order valence-corrected chi connectivity index (χ4v) is 3.12. The molecule has 2 N–H and O–H groups in total. The third kappa shape index (κ3) is 3.14. The third-order valence-electron chi connectivity index (χ3n) is 4.78. The second kappa shape index (κ2) is 6.29. The zero-order chi connectivity index (χ0) is 14.7. The number of rotatable bonds is 3. The molecule has 0 radical (unpaired) electrons. The van der Waals surface area contributed by atoms with Crippen LogP contribution in [0.2, 0.25) is 0 Å². The van der Waals surface area contributed by atoms with Crippen molar-refractivity contribution in [1.29, 1.82) is 0 Å². The maximum Gasteiger partial charge on any atom is 0.251 e. The van der Waals surface area contributed by atoms with E-state index < -0.39 is 0 Å². The highest BCUT2D eigenvalue weighted by Crippen LogP contribution is 2.29. The van der Waals surface area contributed by atoms with E-state index in [-0.39, 0.29) is 5.91 Å². The number of nitrogens with one attached hydrogen (secondary N) is 2. The Morgan fingerprint density at radius 2 is 2.00 bits per heavy atom. The number of benzene rings is 1. The molecular weight excluding hydrogens is 248 g/mol. The van der Waals surface area contributed by atoms with E-state index in [4.69, 9.17) is 0 Å². The van der Waals surface area contributed by atoms with E-state index in [1.54, 1.807) is 0 Å². The van der Waals surface area contributed by atoms with Crippen LogP contribution in [0.4, 0.5) is 5.69 Å². The van der Waals surface area contributed by atoms with E-state index in [9.17, 15) is 4.79 Å². The number of hydrogen-bond donors (Lipinski definition) is 2. The zero-order valence-corrected chi connectivity index (χ0v) is 13.0. The first-order valence-corrected chi connectivity index (χ1v) is 7.62. The van der Waals surface area contributed by atoms with Crippen molar-refractivity contribution in [2.45, 2.75) is 46.1 Å². The van der Waals surface area contributed by atoms with Gasteiger partial charge >= 0.3 is 0 Å². The first-order valence-electron chi connectivity index (χ1n) is 7.62. The van der Waals surface area contributed by atoms with Gasteiger partial charge in [0.2, 0.25) is 0 Å². The zero-order valence-electron chi connectivity index (χ0n) is 13.0. The summed E-state index contributed by atoms with van der Waals surface area (Å²) in [4.78, 5) is 12.4. The van der Waals surface area contributed by atoms with Gasteiger partial charge in [-0.3, -0.25) is 4.79 Å². The highest BCUT2D eigenvalue weighted by molar-refractivity contribution is 5.95. The van der Waals surface area contributed by atoms with Crippen LogP contribution in [0, 0.1) is 18.8 Å². The topological polar surface area (TPSA) is 41.1 Å². The molecule has 1 aromatic carbocycles. The standard InChI is InChI=1S/C17H26N2O/c1-11-6-5-7-16(13(11)3)19-17(20)14-8-9-15(18-4)12(2)10-14/h8-11,13,16,18H,5-7H2,1-4H3,(H,19,20). The molecule has 3 nitrogen and oxygen atoms in total. The molecule has 2 rings (SSSR count). The molecule has 1 aliphatic carbocycles. The van der Waals surface area contributed by atoms with Crippen LogP contribution in [-0.2, 0) is 0 Å². The predicted molar refractivity (Wildman–Crippen MR) is 84.2 cm³/mol. The van der Waals surface area contributed by atoms with Gasteiger partial charge in [0.1, 0.15) is 0 Å². The molecule has 1 aromatic rings. The molecule has 0 bridgehead atoms. The molecule has 1 aliphatic rings. The lowest BCUT2D eigenvalue weighted by atomic mass is 9.78. The summed E-state index contributed by atoms with van der Waals surface area (Å²) in [5.41, 5.74) is 2.93. The Kier molecular flexibility index (Phi) is 4.69. The highest BCUT2D eigenvalue weighted by Gasteiger charge is 2.28. The van der Waals surface area contributed by atoms with Crippen LogP contribution in [0.1, 0.15) is 49.0 Å². The van der Waals surface area contributed by atoms with Crippen molar-refractivity contribution in [2.75, 3.05) is 12.4 Å². The molecule has 0 aromatic heterocycles. The fourth-order valence-electron chi connectivity index (χ4n) is 3.12. The summed E-state index contributed by atoms with van der Waals surface area (Å²) in [6.45, 7) is 6.56. The molecule has 3 unspecified atom stereocenters. The molecule has 0 saturated heterocycles. The maximum atomic E-state index is 12.4. The van der Waals surface area contributed by atoms with Crippen LogP contribution in [0.15, 0.2) is 18.2 Å². The molecule has 0 spiro atoms. The van der Waals surface area contributed by atoms with Crippen LogP contribution >= 0.6 is 0 Å². The molecule has 0 aliphatic heterocycles. The Hall–Kier alpha value is -1.51. The van der Waals surface area contributed by atoms with Crippen molar-refractivity contribution < 1.29 is 4.79 Å². The van der Waals surface area contributed by atoms with Crippen molar-refractivity contribution in [3.63, 3.8) is 0 Å². The van der Waals surface area contributed by atoms with E-state index in [0.717, 1.165) is 23.2 Å². The summed E-state index contributed by atoms with van der Waals surface area (Å²) < 4.78 is 0. The lowest BCUT2D eigenvalue weighted by Gasteiger charge is -2.34. The van der Waals surface area contributed by atoms with Gasteiger partial charge in [-0.2, -0.15) is 0 Å². The Morgan fingerprint density at radius 3 is 2.65 bits per heavy atom. The maximum absolute atomic E-state index is 12.4. The third-order valence-corrected chi connectivity index (χ3v) is 4.78. The minimum Gasteiger partial charge on any atom is -0.388 e. The quantitative estimate of drug-likeness (QED) is 0.884. The predicted octanol–water partition coefficient (Wildman–Crippen LogP) is 3.59. The van der Waals surface area contributed by atoms with Crippen molar-refractivity contribution in [2.24, 2.45) is 11.8 Å². The van der Waals surface area contributed by atoms with Gasteiger partial charge in [-0.15, -0.1) is 0 Å². The van der Waals surface area contributed by atoms with Crippen molar-refractivity contribution >= 4 is 11.6 Å². The number of aryl methyl sites for hydroxylation is 1. The molecule has 3 heteroatoms. The number of amides is 1. The molecule has 1 amide bonds. The SMILES string of the molecule is CNc1ccc(C(=O)NC2CCCC(C)C2C)cc1C. The van der Waals surface area contributed by atoms with Crippen LogP contribution in [0.5, 0.6) is 0 Å². The van der Waals surface area contributed by atoms with E-state index in [1.165, 1.54) is 12.8 Å². The van der Waals surface area contributed by atoms with Crippen LogP contribution in [0.25, 0.3) is 0 Å². The van der Waals surface area contributed by atoms with Crippen LogP contribution < -0.4 is 10.6 Å². The number of carbonyl (C=O) groups is 1. The van der Waals surface area contributed by atoms with Crippen molar-refractivity contribution in [3.8, 4) is 0 Å². The van der Waals surface area contributed by atoms with Gasteiger partial charge in [0.25, 0.3) is 5.91 Å². The van der Waals surface area contributed by atoms with Crippen LogP contribution in [-0.4, -0.2) is 19.0 Å². The molecule has 0 heterocycles. The number of carbonyl (C=O) groups excluding carboxylic acids is 1. The number of hydrogen-bond acceptors (Lipinski definition) is 2. The largest absolute Gasteiger partial charge is 0.388 e. The summed E-state index contributed by atoms with van der Waals surface area (Å²) >= 11 is 0. The second-order valence-electron chi connectivity index (χ2n) is 6.13. The molecule has 3 atom stereocenters. The Bertz CT molecular complexity index is 484. The van der Waals surface area contributed by atoms with E-state index in [1.807, 2.05) is 32.2 Å². The Balaban J connectivity index is 2.06. The lowest BCUT2D eigenvalue weighted by molar-refractivity contribution is 0.0891. The van der Waals surface area contributed by atoms with E-state index in [0.29, 0.717) is 17.9 Å². The summed E-state index contributed by atoms with van der Waals surface area (Å²) in [6, 6.07) is 6.14. The van der Waals surface area contributed by atoms with E-state index >= 15 is 0 Å². The summed E-state index contributed by atoms with van der Waals surface area (Å²) in [5.74, 6) is 1.31. The van der Waals surface area contributed by atoms with Gasteiger partial charge in [0.05, 0.1) is 0 Å². The molecule has 110 valence electrons. The van der Waals surface area contributed by atoms with Crippen LogP contribution in [0.3, 0.4) is 0 Å². The van der Waals surface area contributed by atoms with E-state index in [2.05, 4.69) is 24.5 Å². The van der Waals surface area contributed by atoms with Gasteiger partial charge in [0, 0.05) is 24.3 Å². The normalized spacial score (nSPS) is 26.1. The van der Waals surface area contributed by atoms with Gasteiger partial charge in [-0.1, -0.05) is 26.7 Å². The highest BCUT2D eigenvalue weighted by atomic mass is 16.1. The molecule has 20 heavy (non-hydrogen) atoms. The Morgan fingerprint density at radius 1 is 1.25 bits per heavy atom. The molecule has 1 fully saturated rings. The van der Waals surface area contributed by atoms with Crippen molar-refractivity contribution in [1.82, 2.24) is 5.32 Å². The average Bonchev–Trinajstić information content (AvgIpc) is 2.43. The summed E-state index contributed by atoms with van der Waals surface area (Å²) in [6.07, 6.45) is 3.60. The Labute approximate surface area is 122 Å². The molecule has 1 saturated carbocycles. The van der Waals surface area contributed by atoms with Gasteiger partial charge in [-0.25, -0.2) is 0 Å². The first kappa shape index (κ1) is 14.9.